The van der Waals surface area contributed by atoms with Crippen LogP contribution >= 0.6 is 11.6 Å². The van der Waals surface area contributed by atoms with Gasteiger partial charge < -0.3 is 19.4 Å². The van der Waals surface area contributed by atoms with Crippen molar-refractivity contribution >= 4 is 17.5 Å². The summed E-state index contributed by atoms with van der Waals surface area (Å²) in [6, 6.07) is 7.31. The van der Waals surface area contributed by atoms with Gasteiger partial charge in [0.2, 0.25) is 5.91 Å². The highest BCUT2D eigenvalue weighted by atomic mass is 35.5. The molecule has 0 saturated carbocycles. The van der Waals surface area contributed by atoms with Crippen molar-refractivity contribution in [2.24, 2.45) is 5.92 Å². The standard InChI is InChI=1S/C19H23ClN2O3/c1-13(2)7-17(22-5-3-4-6-22)19(23)21-10-14-8-16(20)9-15-11-24-12-25-18(14)15/h3-6,8-9,13,17H,7,10-12H2,1-2H3,(H,21,23)/t17-/m1/s1. The number of hydrogen-bond donors (Lipinski definition) is 1. The van der Waals surface area contributed by atoms with E-state index in [-0.39, 0.29) is 18.7 Å². The lowest BCUT2D eigenvalue weighted by Gasteiger charge is -2.23. The van der Waals surface area contributed by atoms with Crippen molar-refractivity contribution in [3.05, 3.63) is 52.8 Å². The molecule has 1 aliphatic rings. The van der Waals surface area contributed by atoms with Crippen molar-refractivity contribution in [3.63, 3.8) is 0 Å². The maximum absolute atomic E-state index is 12.8. The number of carbonyl (C=O) groups excluding carboxylic acids is 1. The number of amides is 1. The summed E-state index contributed by atoms with van der Waals surface area (Å²) in [5, 5.41) is 3.64. The Morgan fingerprint density at radius 3 is 2.80 bits per heavy atom. The monoisotopic (exact) mass is 362 g/mol. The zero-order valence-electron chi connectivity index (χ0n) is 14.5. The lowest BCUT2D eigenvalue weighted by atomic mass is 10.0. The van der Waals surface area contributed by atoms with Gasteiger partial charge in [-0.05, 0) is 36.6 Å². The molecule has 1 aliphatic heterocycles. The number of carbonyl (C=O) groups is 1. The zero-order valence-corrected chi connectivity index (χ0v) is 15.3. The summed E-state index contributed by atoms with van der Waals surface area (Å²) in [5.74, 6) is 1.17. The summed E-state index contributed by atoms with van der Waals surface area (Å²) in [5.41, 5.74) is 1.78. The fourth-order valence-corrected chi connectivity index (χ4v) is 3.32. The molecule has 3 rings (SSSR count). The molecule has 0 saturated heterocycles. The van der Waals surface area contributed by atoms with Gasteiger partial charge in [0.15, 0.2) is 6.79 Å². The normalized spacial score (nSPS) is 14.7. The average Bonchev–Trinajstić information content (AvgIpc) is 3.11. The lowest BCUT2D eigenvalue weighted by molar-refractivity contribution is -0.125. The second-order valence-corrected chi connectivity index (χ2v) is 7.09. The van der Waals surface area contributed by atoms with Crippen LogP contribution in [0.25, 0.3) is 0 Å². The summed E-state index contributed by atoms with van der Waals surface area (Å²) >= 11 is 6.18. The van der Waals surface area contributed by atoms with Gasteiger partial charge in [0.05, 0.1) is 6.61 Å². The summed E-state index contributed by atoms with van der Waals surface area (Å²) < 4.78 is 12.8. The fraction of sp³-hybridized carbons (Fsp3) is 0.421. The van der Waals surface area contributed by atoms with Gasteiger partial charge in [-0.15, -0.1) is 0 Å². The number of fused-ring (bicyclic) bond motifs is 1. The van der Waals surface area contributed by atoms with Gasteiger partial charge in [-0.2, -0.15) is 0 Å². The van der Waals surface area contributed by atoms with Crippen molar-refractivity contribution in [3.8, 4) is 5.75 Å². The minimum absolute atomic E-state index is 0.00863. The molecular formula is C19H23ClN2O3. The molecule has 1 N–H and O–H groups in total. The molecular weight excluding hydrogens is 340 g/mol. The molecule has 1 atom stereocenters. The van der Waals surface area contributed by atoms with Gasteiger partial charge in [-0.25, -0.2) is 0 Å². The van der Waals surface area contributed by atoms with Crippen LogP contribution in [0.3, 0.4) is 0 Å². The molecule has 2 aromatic rings. The van der Waals surface area contributed by atoms with Crippen molar-refractivity contribution in [1.29, 1.82) is 0 Å². The maximum atomic E-state index is 12.8. The second kappa shape index (κ2) is 7.93. The Kier molecular flexibility index (Phi) is 5.66. The highest BCUT2D eigenvalue weighted by molar-refractivity contribution is 6.30. The van der Waals surface area contributed by atoms with Crippen molar-refractivity contribution < 1.29 is 14.3 Å². The molecule has 5 nitrogen and oxygen atoms in total. The lowest BCUT2D eigenvalue weighted by Crippen LogP contribution is -2.33. The molecule has 1 amide bonds. The van der Waals surface area contributed by atoms with Crippen LogP contribution in [0.2, 0.25) is 5.02 Å². The molecule has 1 aromatic heterocycles. The number of rotatable bonds is 6. The smallest absolute Gasteiger partial charge is 0.243 e. The summed E-state index contributed by atoms with van der Waals surface area (Å²) in [4.78, 5) is 12.8. The Hall–Kier alpha value is -1.98. The molecule has 0 spiro atoms. The highest BCUT2D eigenvalue weighted by Gasteiger charge is 2.22. The first kappa shape index (κ1) is 17.8. The van der Waals surface area contributed by atoms with E-state index in [1.54, 1.807) is 0 Å². The van der Waals surface area contributed by atoms with Gasteiger partial charge in [0, 0.05) is 35.1 Å². The van der Waals surface area contributed by atoms with Crippen molar-refractivity contribution in [1.82, 2.24) is 9.88 Å². The van der Waals surface area contributed by atoms with Crippen molar-refractivity contribution in [2.45, 2.75) is 39.5 Å². The molecule has 134 valence electrons. The Morgan fingerprint density at radius 2 is 2.08 bits per heavy atom. The first-order valence-electron chi connectivity index (χ1n) is 8.46. The average molecular weight is 363 g/mol. The number of hydrogen-bond acceptors (Lipinski definition) is 3. The Morgan fingerprint density at radius 1 is 1.32 bits per heavy atom. The number of ether oxygens (including phenoxy) is 2. The SMILES string of the molecule is CC(C)C[C@H](C(=O)NCc1cc(Cl)cc2c1OCOC2)n1cccc1. The van der Waals surface area contributed by atoms with E-state index in [4.69, 9.17) is 21.1 Å². The third-order valence-electron chi connectivity index (χ3n) is 4.19. The molecule has 6 heteroatoms. The molecule has 0 radical (unpaired) electrons. The van der Waals surface area contributed by atoms with Gasteiger partial charge in [-0.1, -0.05) is 25.4 Å². The molecule has 1 aromatic carbocycles. The first-order valence-corrected chi connectivity index (χ1v) is 8.84. The quantitative estimate of drug-likeness (QED) is 0.847. The number of nitrogens with one attached hydrogen (secondary N) is 1. The predicted octanol–water partition coefficient (Wildman–Crippen LogP) is 3.91. The van der Waals surface area contributed by atoms with Gasteiger partial charge in [0.25, 0.3) is 0 Å². The summed E-state index contributed by atoms with van der Waals surface area (Å²) in [7, 11) is 0. The third kappa shape index (κ3) is 4.35. The number of benzene rings is 1. The van der Waals surface area contributed by atoms with Crippen LogP contribution < -0.4 is 10.1 Å². The largest absolute Gasteiger partial charge is 0.467 e. The van der Waals surface area contributed by atoms with Crippen LogP contribution in [0.1, 0.15) is 37.4 Å². The summed E-state index contributed by atoms with van der Waals surface area (Å²) in [6.07, 6.45) is 4.63. The summed E-state index contributed by atoms with van der Waals surface area (Å²) in [6.45, 7) is 5.29. The fourth-order valence-electron chi connectivity index (χ4n) is 3.05. The molecule has 25 heavy (non-hydrogen) atoms. The van der Waals surface area contributed by atoms with E-state index in [1.165, 1.54) is 0 Å². The van der Waals surface area contributed by atoms with E-state index in [0.29, 0.717) is 24.1 Å². The van der Waals surface area contributed by atoms with E-state index >= 15 is 0 Å². The Labute approximate surface area is 152 Å². The molecule has 0 fully saturated rings. The van der Waals surface area contributed by atoms with Crippen LogP contribution in [0.15, 0.2) is 36.7 Å². The number of aromatic nitrogens is 1. The minimum Gasteiger partial charge on any atom is -0.467 e. The van der Waals surface area contributed by atoms with Gasteiger partial charge in [-0.3, -0.25) is 4.79 Å². The third-order valence-corrected chi connectivity index (χ3v) is 4.41. The first-order chi connectivity index (χ1) is 12.0. The van der Waals surface area contributed by atoms with Crippen LogP contribution in [0.4, 0.5) is 0 Å². The molecule has 0 unspecified atom stereocenters. The predicted molar refractivity (Wildman–Crippen MR) is 96.5 cm³/mol. The number of halogens is 1. The van der Waals surface area contributed by atoms with Crippen LogP contribution in [-0.2, 0) is 22.7 Å². The van der Waals surface area contributed by atoms with E-state index in [9.17, 15) is 4.79 Å². The Bertz CT molecular complexity index is 729. The highest BCUT2D eigenvalue weighted by Crippen LogP contribution is 2.31. The van der Waals surface area contributed by atoms with E-state index < -0.39 is 0 Å². The van der Waals surface area contributed by atoms with Crippen LogP contribution in [0.5, 0.6) is 5.75 Å². The second-order valence-electron chi connectivity index (χ2n) is 6.66. The maximum Gasteiger partial charge on any atom is 0.243 e. The topological polar surface area (TPSA) is 52.5 Å². The van der Waals surface area contributed by atoms with Crippen LogP contribution in [0, 0.1) is 5.92 Å². The molecule has 0 aliphatic carbocycles. The van der Waals surface area contributed by atoms with Crippen LogP contribution in [-0.4, -0.2) is 17.3 Å². The Balaban J connectivity index is 1.74. The van der Waals surface area contributed by atoms with E-state index in [1.807, 2.05) is 41.2 Å². The minimum atomic E-state index is -0.228. The van der Waals surface area contributed by atoms with Gasteiger partial charge >= 0.3 is 0 Å². The molecule has 2 heterocycles. The van der Waals surface area contributed by atoms with Gasteiger partial charge in [0.1, 0.15) is 11.8 Å². The van der Waals surface area contributed by atoms with E-state index in [2.05, 4.69) is 19.2 Å². The van der Waals surface area contributed by atoms with Crippen molar-refractivity contribution in [2.75, 3.05) is 6.79 Å². The van der Waals surface area contributed by atoms with E-state index in [0.717, 1.165) is 23.3 Å². The number of nitrogens with zero attached hydrogens (tertiary/aromatic N) is 1. The molecule has 0 bridgehead atoms. The zero-order chi connectivity index (χ0) is 17.8.